The van der Waals surface area contributed by atoms with E-state index in [9.17, 15) is 4.79 Å². The number of nitrogens with zero attached hydrogens (tertiary/aromatic N) is 2. The Morgan fingerprint density at radius 3 is 2.64 bits per heavy atom. The number of nitrogen functional groups attached to an aromatic ring is 1. The van der Waals surface area contributed by atoms with Crippen molar-refractivity contribution in [3.63, 3.8) is 0 Å². The minimum atomic E-state index is -0.483. The van der Waals surface area contributed by atoms with Crippen LogP contribution in [0.2, 0.25) is 0 Å². The second-order valence-electron chi connectivity index (χ2n) is 5.06. The van der Waals surface area contributed by atoms with Crippen LogP contribution in [-0.2, 0) is 4.74 Å². The van der Waals surface area contributed by atoms with Gasteiger partial charge in [-0.2, -0.15) is 0 Å². The molecule has 0 aliphatic rings. The summed E-state index contributed by atoms with van der Waals surface area (Å²) in [6, 6.07) is 8.20. The van der Waals surface area contributed by atoms with Crippen LogP contribution in [-0.4, -0.2) is 22.0 Å². The van der Waals surface area contributed by atoms with Crippen LogP contribution in [0.4, 0.5) is 5.82 Å². The number of carbonyl (C=O) groups excluding carboxylic acids is 1. The molecule has 2 N–H and O–H groups in total. The van der Waals surface area contributed by atoms with Crippen molar-refractivity contribution in [2.75, 3.05) is 12.3 Å². The van der Waals surface area contributed by atoms with E-state index < -0.39 is 5.97 Å². The van der Waals surface area contributed by atoms with Crippen LogP contribution in [0, 0.1) is 13.8 Å². The topological polar surface area (TPSA) is 69.6 Å². The fourth-order valence-electron chi connectivity index (χ4n) is 2.43. The smallest absolute Gasteiger partial charge is 0.360 e. The summed E-state index contributed by atoms with van der Waals surface area (Å²) in [5.41, 5.74) is 9.56. The third-order valence-corrected chi connectivity index (χ3v) is 4.43. The van der Waals surface area contributed by atoms with Crippen molar-refractivity contribution in [1.29, 1.82) is 0 Å². The Morgan fingerprint density at radius 2 is 2.00 bits per heavy atom. The van der Waals surface area contributed by atoms with Gasteiger partial charge in [0.15, 0.2) is 10.7 Å². The first-order valence-electron chi connectivity index (χ1n) is 7.04. The summed E-state index contributed by atoms with van der Waals surface area (Å²) in [5, 5.41) is 0. The van der Waals surface area contributed by atoms with Crippen molar-refractivity contribution in [2.24, 2.45) is 0 Å². The van der Waals surface area contributed by atoms with Gasteiger partial charge in [0.25, 0.3) is 0 Å². The Labute approximate surface area is 132 Å². The molecule has 0 amide bonds. The third kappa shape index (κ3) is 2.25. The van der Waals surface area contributed by atoms with Crippen molar-refractivity contribution in [2.45, 2.75) is 20.8 Å². The zero-order valence-corrected chi connectivity index (χ0v) is 13.5. The normalized spacial score (nSPS) is 11.0. The van der Waals surface area contributed by atoms with Crippen molar-refractivity contribution in [3.05, 3.63) is 40.4 Å². The number of rotatable bonds is 3. The molecule has 0 radical (unpaired) electrons. The molecule has 3 aromatic rings. The van der Waals surface area contributed by atoms with E-state index in [1.807, 2.05) is 30.4 Å². The number of anilines is 1. The molecule has 0 saturated heterocycles. The number of hydrogen-bond acceptors (Lipinski definition) is 5. The van der Waals surface area contributed by atoms with Crippen molar-refractivity contribution in [3.8, 4) is 11.3 Å². The molecule has 3 rings (SSSR count). The molecule has 1 aromatic carbocycles. The average Bonchev–Trinajstić information content (AvgIpc) is 2.96. The highest BCUT2D eigenvalue weighted by Gasteiger charge is 2.23. The van der Waals surface area contributed by atoms with E-state index in [-0.39, 0.29) is 5.69 Å². The van der Waals surface area contributed by atoms with Gasteiger partial charge in [-0.25, -0.2) is 9.78 Å². The summed E-state index contributed by atoms with van der Waals surface area (Å²) >= 11 is 1.51. The van der Waals surface area contributed by atoms with Crippen LogP contribution >= 0.6 is 11.3 Å². The fraction of sp³-hybridized carbons (Fsp3) is 0.250. The highest BCUT2D eigenvalue weighted by atomic mass is 32.1. The van der Waals surface area contributed by atoms with E-state index in [0.717, 1.165) is 16.1 Å². The van der Waals surface area contributed by atoms with Crippen LogP contribution in [0.25, 0.3) is 16.2 Å². The third-order valence-electron chi connectivity index (χ3n) is 3.48. The number of carbonyl (C=O) groups is 1. The number of benzene rings is 1. The van der Waals surface area contributed by atoms with E-state index >= 15 is 0 Å². The lowest BCUT2D eigenvalue weighted by Gasteiger charge is -2.05. The largest absolute Gasteiger partial charge is 0.461 e. The van der Waals surface area contributed by atoms with E-state index in [0.29, 0.717) is 17.4 Å². The maximum absolute atomic E-state index is 11.9. The molecule has 0 bridgehead atoms. The number of thiazole rings is 1. The predicted molar refractivity (Wildman–Crippen MR) is 88.3 cm³/mol. The number of hydrogen-bond donors (Lipinski definition) is 1. The number of ether oxygens (including phenoxy) is 1. The van der Waals surface area contributed by atoms with Crippen LogP contribution in [0.3, 0.4) is 0 Å². The predicted octanol–water partition coefficient (Wildman–Crippen LogP) is 3.44. The maximum atomic E-state index is 11.9. The molecule has 0 spiro atoms. The SMILES string of the molecule is CCOC(=O)c1nc2sc(C)c(-c3ccc(C)cc3)n2c1N. The summed E-state index contributed by atoms with van der Waals surface area (Å²) in [4.78, 5) is 18.1. The van der Waals surface area contributed by atoms with Gasteiger partial charge in [0.1, 0.15) is 5.82 Å². The molecule has 114 valence electrons. The second kappa shape index (κ2) is 5.46. The summed E-state index contributed by atoms with van der Waals surface area (Å²) in [7, 11) is 0. The number of nitrogens with two attached hydrogens (primary N) is 1. The molecule has 5 nitrogen and oxygen atoms in total. The molecule has 2 aromatic heterocycles. The van der Waals surface area contributed by atoms with Gasteiger partial charge in [0.2, 0.25) is 0 Å². The lowest BCUT2D eigenvalue weighted by Crippen LogP contribution is -2.08. The fourth-order valence-corrected chi connectivity index (χ4v) is 3.43. The lowest BCUT2D eigenvalue weighted by atomic mass is 10.1. The van der Waals surface area contributed by atoms with E-state index in [4.69, 9.17) is 10.5 Å². The quantitative estimate of drug-likeness (QED) is 0.752. The maximum Gasteiger partial charge on any atom is 0.360 e. The van der Waals surface area contributed by atoms with Gasteiger partial charge in [-0.1, -0.05) is 29.8 Å². The van der Waals surface area contributed by atoms with Crippen LogP contribution in [0.1, 0.15) is 27.9 Å². The number of aromatic nitrogens is 2. The number of aryl methyl sites for hydroxylation is 2. The van der Waals surface area contributed by atoms with Gasteiger partial charge >= 0.3 is 5.97 Å². The Bertz CT molecular complexity index is 847. The van der Waals surface area contributed by atoms with Crippen molar-refractivity contribution < 1.29 is 9.53 Å². The van der Waals surface area contributed by atoms with E-state index in [2.05, 4.69) is 17.1 Å². The van der Waals surface area contributed by atoms with Crippen LogP contribution in [0.5, 0.6) is 0 Å². The summed E-state index contributed by atoms with van der Waals surface area (Å²) in [6.07, 6.45) is 0. The van der Waals surface area contributed by atoms with Gasteiger partial charge in [-0.15, -0.1) is 11.3 Å². The first kappa shape index (κ1) is 14.6. The second-order valence-corrected chi connectivity index (χ2v) is 6.24. The summed E-state index contributed by atoms with van der Waals surface area (Å²) in [6.45, 7) is 6.13. The molecular formula is C16H17N3O2S. The van der Waals surface area contributed by atoms with Gasteiger partial charge in [0, 0.05) is 4.88 Å². The molecule has 2 heterocycles. The standard InChI is InChI=1S/C16H17N3O2S/c1-4-21-15(20)12-14(17)19-13(10(3)22-16(19)18-12)11-7-5-9(2)6-8-11/h5-8H,4,17H2,1-3H3. The Morgan fingerprint density at radius 1 is 1.32 bits per heavy atom. The molecule has 0 atom stereocenters. The minimum absolute atomic E-state index is 0.182. The summed E-state index contributed by atoms with van der Waals surface area (Å²) < 4.78 is 6.84. The van der Waals surface area contributed by atoms with Gasteiger partial charge < -0.3 is 10.5 Å². The zero-order valence-electron chi connectivity index (χ0n) is 12.7. The lowest BCUT2D eigenvalue weighted by molar-refractivity contribution is 0.0521. The summed E-state index contributed by atoms with van der Waals surface area (Å²) in [5.74, 6) is -0.156. The van der Waals surface area contributed by atoms with E-state index in [1.54, 1.807) is 6.92 Å². The zero-order chi connectivity index (χ0) is 15.9. The Hall–Kier alpha value is -2.34. The van der Waals surface area contributed by atoms with Gasteiger partial charge in [-0.05, 0) is 26.3 Å². The molecule has 6 heteroatoms. The highest BCUT2D eigenvalue weighted by molar-refractivity contribution is 7.17. The highest BCUT2D eigenvalue weighted by Crippen LogP contribution is 2.34. The molecule has 0 saturated carbocycles. The van der Waals surface area contributed by atoms with E-state index in [1.165, 1.54) is 16.9 Å². The number of esters is 1. The molecule has 22 heavy (non-hydrogen) atoms. The van der Waals surface area contributed by atoms with Crippen molar-refractivity contribution in [1.82, 2.24) is 9.38 Å². The minimum Gasteiger partial charge on any atom is -0.461 e. The van der Waals surface area contributed by atoms with Crippen molar-refractivity contribution >= 4 is 28.1 Å². The molecule has 0 aliphatic carbocycles. The molecular weight excluding hydrogens is 298 g/mol. The van der Waals surface area contributed by atoms with Gasteiger partial charge in [0.05, 0.1) is 12.3 Å². The average molecular weight is 315 g/mol. The Balaban J connectivity index is 2.20. The molecule has 0 fully saturated rings. The Kier molecular flexibility index (Phi) is 3.62. The first-order valence-corrected chi connectivity index (χ1v) is 7.86. The van der Waals surface area contributed by atoms with Crippen LogP contribution < -0.4 is 5.73 Å². The van der Waals surface area contributed by atoms with Gasteiger partial charge in [-0.3, -0.25) is 4.40 Å². The monoisotopic (exact) mass is 315 g/mol. The molecule has 0 aliphatic heterocycles. The molecule has 0 unspecified atom stereocenters. The number of fused-ring (bicyclic) bond motifs is 1. The first-order chi connectivity index (χ1) is 10.5. The van der Waals surface area contributed by atoms with Crippen LogP contribution in [0.15, 0.2) is 24.3 Å². The number of imidazole rings is 1.